The molecule has 5 heteroatoms. The third kappa shape index (κ3) is 9.69. The summed E-state index contributed by atoms with van der Waals surface area (Å²) < 4.78 is 5.47. The molecule has 5 rings (SSSR count). The first-order chi connectivity index (χ1) is 21.7. The monoisotopic (exact) mass is 624 g/mol. The Balaban J connectivity index is 0.00000461. The van der Waals surface area contributed by atoms with E-state index in [0.29, 0.717) is 18.9 Å². The minimum atomic E-state index is -0.0871. The van der Waals surface area contributed by atoms with Gasteiger partial charge in [0.05, 0.1) is 7.11 Å². The molecule has 0 unspecified atom stereocenters. The lowest BCUT2D eigenvalue weighted by molar-refractivity contribution is -0.121. The van der Waals surface area contributed by atoms with E-state index in [-0.39, 0.29) is 23.7 Å². The zero-order valence-corrected chi connectivity index (χ0v) is 27.5. The van der Waals surface area contributed by atoms with Gasteiger partial charge in [0.15, 0.2) is 0 Å². The number of piperidine rings is 1. The standard InChI is InChI=1S/C40H48N2O2.ClH/c1-44-38-21-11-16-35(32-38)34-24-30-42(31-25-34)29-13-27-40(36-17-7-3-8-18-36,37-19-9-4-10-20-37)26-12-28-41-39(43)23-22-33-14-5-2-6-15-33;/h2-11,14-21,32,34H,12-13,22-31H2,1H3,(H,41,43);1H. The molecule has 0 bridgehead atoms. The Bertz CT molecular complexity index is 1370. The number of halogens is 1. The van der Waals surface area contributed by atoms with Gasteiger partial charge in [0.25, 0.3) is 0 Å². The quantitative estimate of drug-likeness (QED) is 0.135. The van der Waals surface area contributed by atoms with E-state index < -0.39 is 0 Å². The summed E-state index contributed by atoms with van der Waals surface area (Å²) in [5.74, 6) is 1.70. The molecule has 0 atom stereocenters. The van der Waals surface area contributed by atoms with E-state index in [1.54, 1.807) is 7.11 Å². The highest BCUT2D eigenvalue weighted by atomic mass is 35.5. The second kappa shape index (κ2) is 17.8. The molecule has 4 aromatic rings. The lowest BCUT2D eigenvalue weighted by atomic mass is 9.68. The summed E-state index contributed by atoms with van der Waals surface area (Å²) in [5.41, 5.74) is 5.27. The van der Waals surface area contributed by atoms with Crippen LogP contribution in [-0.4, -0.2) is 44.1 Å². The van der Waals surface area contributed by atoms with Gasteiger partial charge >= 0.3 is 0 Å². The molecule has 1 amide bonds. The Morgan fingerprint density at radius 1 is 0.800 bits per heavy atom. The van der Waals surface area contributed by atoms with E-state index in [1.165, 1.54) is 35.1 Å². The van der Waals surface area contributed by atoms with Gasteiger partial charge in [-0.25, -0.2) is 0 Å². The minimum Gasteiger partial charge on any atom is -0.497 e. The number of aryl methyl sites for hydroxylation is 1. The van der Waals surface area contributed by atoms with E-state index in [2.05, 4.69) is 101 Å². The Morgan fingerprint density at radius 3 is 2.02 bits per heavy atom. The van der Waals surface area contributed by atoms with Crippen LogP contribution in [0.3, 0.4) is 0 Å². The topological polar surface area (TPSA) is 41.6 Å². The summed E-state index contributed by atoms with van der Waals surface area (Å²) in [4.78, 5) is 15.3. The molecule has 0 saturated carbocycles. The Labute approximate surface area is 276 Å². The zero-order chi connectivity index (χ0) is 30.5. The van der Waals surface area contributed by atoms with Crippen molar-refractivity contribution in [2.45, 2.75) is 62.7 Å². The molecule has 45 heavy (non-hydrogen) atoms. The largest absolute Gasteiger partial charge is 0.497 e. The van der Waals surface area contributed by atoms with Gasteiger partial charge in [-0.3, -0.25) is 4.79 Å². The molecule has 0 radical (unpaired) electrons. The van der Waals surface area contributed by atoms with E-state index in [1.807, 2.05) is 24.3 Å². The van der Waals surface area contributed by atoms with E-state index in [9.17, 15) is 4.79 Å². The van der Waals surface area contributed by atoms with Crippen LogP contribution in [0, 0.1) is 0 Å². The number of amides is 1. The van der Waals surface area contributed by atoms with Crippen molar-refractivity contribution >= 4 is 18.3 Å². The van der Waals surface area contributed by atoms with Gasteiger partial charge in [-0.15, -0.1) is 12.4 Å². The third-order valence-corrected chi connectivity index (χ3v) is 9.47. The number of nitrogens with one attached hydrogen (secondary N) is 1. The van der Waals surface area contributed by atoms with Crippen LogP contribution >= 0.6 is 12.4 Å². The SMILES string of the molecule is COc1cccc(C2CCN(CCCC(CCCNC(=O)CCc3ccccc3)(c3ccccc3)c3ccccc3)CC2)c1.Cl. The number of rotatable bonds is 15. The van der Waals surface area contributed by atoms with Crippen molar-refractivity contribution in [1.82, 2.24) is 10.2 Å². The predicted molar refractivity (Wildman–Crippen MR) is 189 cm³/mol. The fraction of sp³-hybridized carbons (Fsp3) is 0.375. The molecule has 1 aliphatic heterocycles. The molecule has 1 fully saturated rings. The average Bonchev–Trinajstić information content (AvgIpc) is 3.10. The van der Waals surface area contributed by atoms with Crippen molar-refractivity contribution in [1.29, 1.82) is 0 Å². The van der Waals surface area contributed by atoms with E-state index in [0.717, 1.165) is 57.5 Å². The lowest BCUT2D eigenvalue weighted by Crippen LogP contribution is -2.35. The summed E-state index contributed by atoms with van der Waals surface area (Å²) in [7, 11) is 1.75. The van der Waals surface area contributed by atoms with Crippen LogP contribution in [0.2, 0.25) is 0 Å². The number of methoxy groups -OCH3 is 1. The van der Waals surface area contributed by atoms with Gasteiger partial charge in [0.1, 0.15) is 5.75 Å². The zero-order valence-electron chi connectivity index (χ0n) is 26.7. The maximum atomic E-state index is 12.7. The molecule has 0 spiro atoms. The van der Waals surface area contributed by atoms with Crippen molar-refractivity contribution in [3.63, 3.8) is 0 Å². The van der Waals surface area contributed by atoms with Crippen LogP contribution in [0.4, 0.5) is 0 Å². The number of carbonyl (C=O) groups excluding carboxylic acids is 1. The van der Waals surface area contributed by atoms with Gasteiger partial charge in [-0.05, 0) is 105 Å². The summed E-state index contributed by atoms with van der Waals surface area (Å²) in [6.45, 7) is 4.09. The number of carbonyl (C=O) groups is 1. The molecule has 4 nitrogen and oxygen atoms in total. The van der Waals surface area contributed by atoms with Gasteiger partial charge in [-0.2, -0.15) is 0 Å². The highest BCUT2D eigenvalue weighted by Crippen LogP contribution is 2.41. The Morgan fingerprint density at radius 2 is 1.40 bits per heavy atom. The lowest BCUT2D eigenvalue weighted by Gasteiger charge is -2.37. The first kappa shape index (κ1) is 34.3. The van der Waals surface area contributed by atoms with Crippen LogP contribution in [0.15, 0.2) is 115 Å². The first-order valence-corrected chi connectivity index (χ1v) is 16.4. The summed E-state index contributed by atoms with van der Waals surface area (Å²) in [5, 5.41) is 3.21. The molecule has 1 aliphatic rings. The molecule has 4 aromatic carbocycles. The number of ether oxygens (including phenoxy) is 1. The smallest absolute Gasteiger partial charge is 0.220 e. The summed E-state index contributed by atoms with van der Waals surface area (Å²) >= 11 is 0. The molecule has 0 aliphatic carbocycles. The fourth-order valence-electron chi connectivity index (χ4n) is 6.98. The number of nitrogens with zero attached hydrogens (tertiary/aromatic N) is 1. The molecular formula is C40H49ClN2O2. The molecule has 1 N–H and O–H groups in total. The highest BCUT2D eigenvalue weighted by Gasteiger charge is 2.33. The third-order valence-electron chi connectivity index (χ3n) is 9.47. The minimum absolute atomic E-state index is 0. The number of hydrogen-bond donors (Lipinski definition) is 1. The van der Waals surface area contributed by atoms with Gasteiger partial charge in [0.2, 0.25) is 5.91 Å². The number of hydrogen-bond acceptors (Lipinski definition) is 3. The van der Waals surface area contributed by atoms with Crippen LogP contribution in [0.5, 0.6) is 5.75 Å². The maximum Gasteiger partial charge on any atom is 0.220 e. The van der Waals surface area contributed by atoms with Crippen molar-refractivity contribution < 1.29 is 9.53 Å². The van der Waals surface area contributed by atoms with Crippen molar-refractivity contribution in [3.8, 4) is 5.75 Å². The highest BCUT2D eigenvalue weighted by molar-refractivity contribution is 5.85. The average molecular weight is 625 g/mol. The van der Waals surface area contributed by atoms with Crippen molar-refractivity contribution in [2.75, 3.05) is 33.3 Å². The van der Waals surface area contributed by atoms with Crippen molar-refractivity contribution in [2.24, 2.45) is 0 Å². The molecule has 1 heterocycles. The van der Waals surface area contributed by atoms with E-state index >= 15 is 0 Å². The predicted octanol–water partition coefficient (Wildman–Crippen LogP) is 8.59. The summed E-state index contributed by atoms with van der Waals surface area (Å²) in [6.07, 6.45) is 7.85. The van der Waals surface area contributed by atoms with Gasteiger partial charge < -0.3 is 15.0 Å². The number of likely N-dealkylation sites (tertiary alicyclic amines) is 1. The van der Waals surface area contributed by atoms with Gasteiger partial charge in [-0.1, -0.05) is 103 Å². The van der Waals surface area contributed by atoms with Crippen molar-refractivity contribution in [3.05, 3.63) is 138 Å². The maximum absolute atomic E-state index is 12.7. The van der Waals surface area contributed by atoms with E-state index in [4.69, 9.17) is 4.74 Å². The summed E-state index contributed by atoms with van der Waals surface area (Å²) in [6, 6.07) is 40.9. The second-order valence-corrected chi connectivity index (χ2v) is 12.2. The molecular weight excluding hydrogens is 576 g/mol. The molecule has 0 aromatic heterocycles. The van der Waals surface area contributed by atoms with Crippen LogP contribution in [0.25, 0.3) is 0 Å². The fourth-order valence-corrected chi connectivity index (χ4v) is 6.98. The molecule has 1 saturated heterocycles. The Kier molecular flexibility index (Phi) is 13.5. The van der Waals surface area contributed by atoms with Gasteiger partial charge in [0, 0.05) is 18.4 Å². The normalized spacial score (nSPS) is 14.0. The van der Waals surface area contributed by atoms with Crippen LogP contribution < -0.4 is 10.1 Å². The Hall–Kier alpha value is -3.60. The second-order valence-electron chi connectivity index (χ2n) is 12.2. The van der Waals surface area contributed by atoms with Crippen LogP contribution in [-0.2, 0) is 16.6 Å². The first-order valence-electron chi connectivity index (χ1n) is 16.4. The number of benzene rings is 4. The van der Waals surface area contributed by atoms with Crippen LogP contribution in [0.1, 0.15) is 73.1 Å². The molecule has 238 valence electrons.